The summed E-state index contributed by atoms with van der Waals surface area (Å²) in [4.78, 5) is 23.7. The van der Waals surface area contributed by atoms with E-state index in [1.807, 2.05) is 0 Å². The van der Waals surface area contributed by atoms with Crippen LogP contribution < -0.4 is 5.73 Å². The van der Waals surface area contributed by atoms with E-state index in [9.17, 15) is 9.59 Å². The minimum Gasteiger partial charge on any atom is -0.468 e. The minimum atomic E-state index is -1.46. The molecule has 0 saturated heterocycles. The molecule has 0 atom stereocenters. The van der Waals surface area contributed by atoms with Gasteiger partial charge in [-0.2, -0.15) is 0 Å². The zero-order valence-electron chi connectivity index (χ0n) is 11.0. The maximum Gasteiger partial charge on any atom is 0.323 e. The number of halogens is 1. The van der Waals surface area contributed by atoms with Gasteiger partial charge in [-0.1, -0.05) is 11.6 Å². The van der Waals surface area contributed by atoms with Crippen LogP contribution in [0, 0.1) is 5.41 Å². The Hall–Kier alpha value is -1.75. The van der Waals surface area contributed by atoms with E-state index in [4.69, 9.17) is 17.3 Å². The monoisotopic (exact) mass is 285 g/mol. The van der Waals surface area contributed by atoms with E-state index in [2.05, 4.69) is 9.47 Å². The molecule has 0 spiro atoms. The number of ether oxygens (including phenoxy) is 2. The number of nitrogen functional groups attached to an aromatic ring is 1. The molecule has 0 saturated carbocycles. The van der Waals surface area contributed by atoms with Gasteiger partial charge in [-0.05, 0) is 30.7 Å². The van der Waals surface area contributed by atoms with E-state index in [1.54, 1.807) is 18.2 Å². The lowest BCUT2D eigenvalue weighted by atomic mass is 9.83. The lowest BCUT2D eigenvalue weighted by Gasteiger charge is -2.24. The quantitative estimate of drug-likeness (QED) is 0.518. The Kier molecular flexibility index (Phi) is 4.78. The third-order valence-electron chi connectivity index (χ3n) is 2.89. The van der Waals surface area contributed by atoms with Gasteiger partial charge in [0.15, 0.2) is 5.41 Å². The van der Waals surface area contributed by atoms with E-state index >= 15 is 0 Å². The van der Waals surface area contributed by atoms with Crippen molar-refractivity contribution in [3.63, 3.8) is 0 Å². The normalized spacial score (nSPS) is 10.9. The Bertz CT molecular complexity index is 485. The van der Waals surface area contributed by atoms with Gasteiger partial charge < -0.3 is 15.2 Å². The maximum atomic E-state index is 11.8. The first-order valence-electron chi connectivity index (χ1n) is 5.56. The third-order valence-corrected chi connectivity index (χ3v) is 3.25. The number of benzene rings is 1. The second-order valence-electron chi connectivity index (χ2n) is 4.34. The Balaban J connectivity index is 3.18. The molecule has 104 valence electrons. The van der Waals surface area contributed by atoms with Gasteiger partial charge >= 0.3 is 11.9 Å². The van der Waals surface area contributed by atoms with Crippen molar-refractivity contribution in [1.82, 2.24) is 0 Å². The third kappa shape index (κ3) is 3.17. The number of methoxy groups -OCH3 is 2. The zero-order chi connectivity index (χ0) is 14.6. The summed E-state index contributed by atoms with van der Waals surface area (Å²) < 4.78 is 9.33. The van der Waals surface area contributed by atoms with Gasteiger partial charge in [0, 0.05) is 17.1 Å². The molecule has 0 aliphatic heterocycles. The Morgan fingerprint density at radius 1 is 1.26 bits per heavy atom. The Labute approximate surface area is 116 Å². The van der Waals surface area contributed by atoms with Crippen molar-refractivity contribution in [2.45, 2.75) is 13.3 Å². The van der Waals surface area contributed by atoms with Crippen molar-refractivity contribution < 1.29 is 19.1 Å². The van der Waals surface area contributed by atoms with Crippen LogP contribution in [-0.4, -0.2) is 26.2 Å². The molecule has 1 aromatic carbocycles. The fourth-order valence-electron chi connectivity index (χ4n) is 1.79. The van der Waals surface area contributed by atoms with E-state index < -0.39 is 17.4 Å². The van der Waals surface area contributed by atoms with Gasteiger partial charge in [0.1, 0.15) is 0 Å². The summed E-state index contributed by atoms with van der Waals surface area (Å²) in [6, 6.07) is 4.87. The Morgan fingerprint density at radius 2 is 1.79 bits per heavy atom. The topological polar surface area (TPSA) is 78.6 Å². The second-order valence-corrected chi connectivity index (χ2v) is 4.75. The van der Waals surface area contributed by atoms with Gasteiger partial charge in [0.25, 0.3) is 0 Å². The summed E-state index contributed by atoms with van der Waals surface area (Å²) in [6.45, 7) is 1.45. The summed E-state index contributed by atoms with van der Waals surface area (Å²) >= 11 is 6.04. The first-order chi connectivity index (χ1) is 8.85. The minimum absolute atomic E-state index is 0.0518. The highest BCUT2D eigenvalue weighted by atomic mass is 35.5. The number of nitrogens with two attached hydrogens (primary N) is 1. The number of hydrogen-bond donors (Lipinski definition) is 1. The maximum absolute atomic E-state index is 11.8. The number of carbonyl (C=O) groups excluding carboxylic acids is 2. The SMILES string of the molecule is COC(=O)C(C)(Cc1cc(N)ccc1Cl)C(=O)OC. The molecule has 0 amide bonds. The van der Waals surface area contributed by atoms with Gasteiger partial charge in [-0.15, -0.1) is 0 Å². The molecule has 1 aromatic rings. The van der Waals surface area contributed by atoms with Crippen LogP contribution in [0.15, 0.2) is 18.2 Å². The fourth-order valence-corrected chi connectivity index (χ4v) is 1.97. The van der Waals surface area contributed by atoms with Crippen molar-refractivity contribution in [2.24, 2.45) is 5.41 Å². The number of carbonyl (C=O) groups is 2. The second kappa shape index (κ2) is 5.93. The summed E-state index contributed by atoms with van der Waals surface area (Å²) in [5, 5.41) is 0.424. The average Bonchev–Trinajstić information content (AvgIpc) is 2.40. The Morgan fingerprint density at radius 3 is 2.26 bits per heavy atom. The number of anilines is 1. The zero-order valence-corrected chi connectivity index (χ0v) is 11.8. The molecule has 0 heterocycles. The van der Waals surface area contributed by atoms with Crippen molar-refractivity contribution in [2.75, 3.05) is 20.0 Å². The molecule has 0 radical (unpaired) electrons. The highest BCUT2D eigenvalue weighted by Crippen LogP contribution is 2.30. The largest absolute Gasteiger partial charge is 0.468 e. The first-order valence-corrected chi connectivity index (χ1v) is 5.93. The van der Waals surface area contributed by atoms with Gasteiger partial charge in [-0.3, -0.25) is 9.59 Å². The van der Waals surface area contributed by atoms with E-state index in [1.165, 1.54) is 21.1 Å². The van der Waals surface area contributed by atoms with Crippen LogP contribution >= 0.6 is 11.6 Å². The highest BCUT2D eigenvalue weighted by molar-refractivity contribution is 6.31. The lowest BCUT2D eigenvalue weighted by molar-refractivity contribution is -0.167. The molecular formula is C13H16ClNO4. The number of esters is 2. The standard InChI is InChI=1S/C13H16ClNO4/c1-13(11(16)18-2,12(17)19-3)7-8-6-9(15)4-5-10(8)14/h4-6H,7,15H2,1-3H3. The summed E-state index contributed by atoms with van der Waals surface area (Å²) in [5.41, 5.74) is 5.30. The van der Waals surface area contributed by atoms with Crippen LogP contribution in [0.25, 0.3) is 0 Å². The van der Waals surface area contributed by atoms with Crippen LogP contribution in [0.2, 0.25) is 5.02 Å². The molecule has 19 heavy (non-hydrogen) atoms. The smallest absolute Gasteiger partial charge is 0.323 e. The van der Waals surface area contributed by atoms with Crippen LogP contribution in [-0.2, 0) is 25.5 Å². The van der Waals surface area contributed by atoms with Gasteiger partial charge in [0.2, 0.25) is 0 Å². The predicted octanol–water partition coefficient (Wildman–Crippen LogP) is 1.82. The van der Waals surface area contributed by atoms with E-state index in [-0.39, 0.29) is 6.42 Å². The summed E-state index contributed by atoms with van der Waals surface area (Å²) in [7, 11) is 2.43. The summed E-state index contributed by atoms with van der Waals surface area (Å²) in [5.74, 6) is -1.37. The molecule has 6 heteroatoms. The van der Waals surface area contributed by atoms with Crippen molar-refractivity contribution >= 4 is 29.2 Å². The van der Waals surface area contributed by atoms with E-state index in [0.29, 0.717) is 16.3 Å². The molecule has 1 rings (SSSR count). The predicted molar refractivity (Wildman–Crippen MR) is 71.7 cm³/mol. The highest BCUT2D eigenvalue weighted by Gasteiger charge is 2.44. The van der Waals surface area contributed by atoms with Gasteiger partial charge in [-0.25, -0.2) is 0 Å². The number of hydrogen-bond acceptors (Lipinski definition) is 5. The first kappa shape index (κ1) is 15.3. The fraction of sp³-hybridized carbons (Fsp3) is 0.385. The molecule has 2 N–H and O–H groups in total. The molecule has 5 nitrogen and oxygen atoms in total. The lowest BCUT2D eigenvalue weighted by Crippen LogP contribution is -2.40. The average molecular weight is 286 g/mol. The van der Waals surface area contributed by atoms with Crippen molar-refractivity contribution in [1.29, 1.82) is 0 Å². The van der Waals surface area contributed by atoms with Gasteiger partial charge in [0.05, 0.1) is 14.2 Å². The molecule has 0 aromatic heterocycles. The molecule has 0 bridgehead atoms. The van der Waals surface area contributed by atoms with Crippen molar-refractivity contribution in [3.05, 3.63) is 28.8 Å². The van der Waals surface area contributed by atoms with Crippen LogP contribution in [0.4, 0.5) is 5.69 Å². The van der Waals surface area contributed by atoms with Crippen LogP contribution in [0.5, 0.6) is 0 Å². The van der Waals surface area contributed by atoms with Crippen LogP contribution in [0.3, 0.4) is 0 Å². The van der Waals surface area contributed by atoms with Crippen LogP contribution in [0.1, 0.15) is 12.5 Å². The van der Waals surface area contributed by atoms with E-state index in [0.717, 1.165) is 0 Å². The molecule has 0 fully saturated rings. The molecule has 0 aliphatic carbocycles. The number of rotatable bonds is 4. The molecular weight excluding hydrogens is 270 g/mol. The molecule has 0 unspecified atom stereocenters. The summed E-state index contributed by atoms with van der Waals surface area (Å²) in [6.07, 6.45) is 0.0518. The van der Waals surface area contributed by atoms with Crippen molar-refractivity contribution in [3.8, 4) is 0 Å². The molecule has 0 aliphatic rings.